The number of nitrogens with one attached hydrogen (secondary N) is 2. The van der Waals surface area contributed by atoms with Crippen LogP contribution in [0.2, 0.25) is 0 Å². The molecular weight excluding hydrogens is 452 g/mol. The number of hydrogen-bond acceptors (Lipinski definition) is 4. The quantitative estimate of drug-likeness (QED) is 0.466. The first-order valence-corrected chi connectivity index (χ1v) is 12.1. The van der Waals surface area contributed by atoms with Gasteiger partial charge in [0.15, 0.2) is 0 Å². The molecule has 8 nitrogen and oxygen atoms in total. The van der Waals surface area contributed by atoms with Gasteiger partial charge in [-0.2, -0.15) is 12.7 Å². The molecular formula is C25H28N4O4S. The minimum absolute atomic E-state index is 0.297. The summed E-state index contributed by atoms with van der Waals surface area (Å²) in [6.45, 7) is -0.0114. The Balaban J connectivity index is 1.71. The number of nitrogens with zero attached hydrogens (tertiary/aromatic N) is 2. The molecule has 3 aromatic carbocycles. The SMILES string of the molecule is CN(C)S(=O)(=O)N(CC(=O)Nc1ccccc1C(=O)NCCc1ccccc1)c1ccccc1. The van der Waals surface area contributed by atoms with Crippen molar-refractivity contribution in [1.82, 2.24) is 9.62 Å². The van der Waals surface area contributed by atoms with E-state index < -0.39 is 22.7 Å². The van der Waals surface area contributed by atoms with Crippen LogP contribution in [0.1, 0.15) is 15.9 Å². The lowest BCUT2D eigenvalue weighted by molar-refractivity contribution is -0.114. The molecule has 3 aromatic rings. The molecule has 0 aliphatic rings. The van der Waals surface area contributed by atoms with Crippen molar-refractivity contribution < 1.29 is 18.0 Å². The molecule has 9 heteroatoms. The monoisotopic (exact) mass is 480 g/mol. The first-order chi connectivity index (χ1) is 16.3. The number of carbonyl (C=O) groups excluding carboxylic acids is 2. The van der Waals surface area contributed by atoms with Crippen LogP contribution in [0.4, 0.5) is 11.4 Å². The molecule has 0 bridgehead atoms. The Bertz CT molecular complexity index is 1220. The standard InChI is InChI=1S/C25H28N4O4S/c1-28(2)34(32,33)29(21-13-7-4-8-14-21)19-24(30)27-23-16-10-9-15-22(23)25(31)26-18-17-20-11-5-3-6-12-20/h3-16H,17-19H2,1-2H3,(H,26,31)(H,27,30). The van der Waals surface area contributed by atoms with Gasteiger partial charge in [0.1, 0.15) is 6.54 Å². The second kappa shape index (κ2) is 11.4. The minimum atomic E-state index is -3.92. The van der Waals surface area contributed by atoms with Crippen LogP contribution in [-0.2, 0) is 21.4 Å². The maximum absolute atomic E-state index is 12.9. The maximum Gasteiger partial charge on any atom is 0.304 e. The van der Waals surface area contributed by atoms with Gasteiger partial charge in [-0.15, -0.1) is 0 Å². The van der Waals surface area contributed by atoms with Crippen LogP contribution in [0.3, 0.4) is 0 Å². The summed E-state index contributed by atoms with van der Waals surface area (Å²) < 4.78 is 27.7. The zero-order valence-electron chi connectivity index (χ0n) is 19.1. The van der Waals surface area contributed by atoms with Crippen LogP contribution in [-0.4, -0.2) is 51.7 Å². The van der Waals surface area contributed by atoms with Crippen LogP contribution in [0.5, 0.6) is 0 Å². The molecule has 34 heavy (non-hydrogen) atoms. The molecule has 0 aliphatic heterocycles. The predicted octanol–water partition coefficient (Wildman–Crippen LogP) is 2.91. The number of carbonyl (C=O) groups is 2. The lowest BCUT2D eigenvalue weighted by atomic mass is 10.1. The number of anilines is 2. The van der Waals surface area contributed by atoms with Crippen LogP contribution in [0.15, 0.2) is 84.9 Å². The first kappa shape index (κ1) is 24.9. The third-order valence-corrected chi connectivity index (χ3v) is 6.88. The van der Waals surface area contributed by atoms with Crippen LogP contribution < -0.4 is 14.9 Å². The second-order valence-electron chi connectivity index (χ2n) is 7.72. The van der Waals surface area contributed by atoms with Crippen molar-refractivity contribution in [2.45, 2.75) is 6.42 Å². The fraction of sp³-hybridized carbons (Fsp3) is 0.200. The van der Waals surface area contributed by atoms with Crippen molar-refractivity contribution in [1.29, 1.82) is 0 Å². The molecule has 0 aliphatic carbocycles. The highest BCUT2D eigenvalue weighted by Gasteiger charge is 2.27. The number of benzene rings is 3. The molecule has 0 aromatic heterocycles. The third-order valence-electron chi connectivity index (χ3n) is 5.06. The molecule has 0 unspecified atom stereocenters. The van der Waals surface area contributed by atoms with Gasteiger partial charge in [-0.3, -0.25) is 9.59 Å². The topological polar surface area (TPSA) is 98.8 Å². The highest BCUT2D eigenvalue weighted by Crippen LogP contribution is 2.20. The Morgan fingerprint density at radius 3 is 2.06 bits per heavy atom. The average molecular weight is 481 g/mol. The molecule has 0 heterocycles. The van der Waals surface area contributed by atoms with Crippen molar-refractivity contribution in [3.05, 3.63) is 96.1 Å². The van der Waals surface area contributed by atoms with Gasteiger partial charge in [0, 0.05) is 20.6 Å². The van der Waals surface area contributed by atoms with Gasteiger partial charge in [0.05, 0.1) is 16.9 Å². The molecule has 0 saturated carbocycles. The molecule has 178 valence electrons. The summed E-state index contributed by atoms with van der Waals surface area (Å²) in [6.07, 6.45) is 0.676. The van der Waals surface area contributed by atoms with Crippen molar-refractivity contribution in [2.24, 2.45) is 0 Å². The number of amides is 2. The predicted molar refractivity (Wildman–Crippen MR) is 134 cm³/mol. The first-order valence-electron chi connectivity index (χ1n) is 10.8. The minimum Gasteiger partial charge on any atom is -0.352 e. The highest BCUT2D eigenvalue weighted by atomic mass is 32.2. The summed E-state index contributed by atoms with van der Waals surface area (Å²) in [7, 11) is -1.12. The molecule has 0 spiro atoms. The van der Waals surface area contributed by atoms with Gasteiger partial charge in [-0.25, -0.2) is 4.31 Å². The van der Waals surface area contributed by atoms with Crippen LogP contribution in [0, 0.1) is 0 Å². The molecule has 3 rings (SSSR count). The number of rotatable bonds is 10. The van der Waals surface area contributed by atoms with Crippen molar-refractivity contribution in [3.8, 4) is 0 Å². The summed E-state index contributed by atoms with van der Waals surface area (Å²) in [5, 5.41) is 5.55. The van der Waals surface area contributed by atoms with Gasteiger partial charge in [0.25, 0.3) is 5.91 Å². The lowest BCUT2D eigenvalue weighted by Gasteiger charge is -2.27. The summed E-state index contributed by atoms with van der Waals surface area (Å²) >= 11 is 0. The van der Waals surface area contributed by atoms with E-state index in [1.54, 1.807) is 54.6 Å². The van der Waals surface area contributed by atoms with E-state index in [-0.39, 0.29) is 5.91 Å². The lowest BCUT2D eigenvalue weighted by Crippen LogP contribution is -2.44. The summed E-state index contributed by atoms with van der Waals surface area (Å²) in [4.78, 5) is 25.6. The zero-order chi connectivity index (χ0) is 24.6. The van der Waals surface area contributed by atoms with E-state index in [4.69, 9.17) is 0 Å². The van der Waals surface area contributed by atoms with Crippen LogP contribution in [0.25, 0.3) is 0 Å². The fourth-order valence-electron chi connectivity index (χ4n) is 3.27. The van der Waals surface area contributed by atoms with E-state index in [1.807, 2.05) is 30.3 Å². The Morgan fingerprint density at radius 1 is 0.824 bits per heavy atom. The molecule has 2 N–H and O–H groups in total. The molecule has 0 fully saturated rings. The molecule has 2 amide bonds. The van der Waals surface area contributed by atoms with Crippen molar-refractivity contribution >= 4 is 33.4 Å². The molecule has 0 saturated heterocycles. The smallest absolute Gasteiger partial charge is 0.304 e. The average Bonchev–Trinajstić information content (AvgIpc) is 2.84. The van der Waals surface area contributed by atoms with E-state index in [9.17, 15) is 18.0 Å². The molecule has 0 atom stereocenters. The van der Waals surface area contributed by atoms with E-state index >= 15 is 0 Å². The van der Waals surface area contributed by atoms with Gasteiger partial charge in [-0.1, -0.05) is 60.7 Å². The van der Waals surface area contributed by atoms with Gasteiger partial charge in [0.2, 0.25) is 5.91 Å². The highest BCUT2D eigenvalue weighted by molar-refractivity contribution is 7.90. The molecule has 0 radical (unpaired) electrons. The largest absolute Gasteiger partial charge is 0.352 e. The Kier molecular flexibility index (Phi) is 8.39. The van der Waals surface area contributed by atoms with E-state index in [2.05, 4.69) is 10.6 Å². The number of hydrogen-bond donors (Lipinski definition) is 2. The zero-order valence-corrected chi connectivity index (χ0v) is 20.0. The maximum atomic E-state index is 12.9. The fourth-order valence-corrected chi connectivity index (χ4v) is 4.33. The van der Waals surface area contributed by atoms with Gasteiger partial charge < -0.3 is 10.6 Å². The van der Waals surface area contributed by atoms with Crippen molar-refractivity contribution in [3.63, 3.8) is 0 Å². The number of para-hydroxylation sites is 2. The van der Waals surface area contributed by atoms with E-state index in [1.165, 1.54) is 14.1 Å². The van der Waals surface area contributed by atoms with Crippen LogP contribution >= 0.6 is 0 Å². The second-order valence-corrected chi connectivity index (χ2v) is 9.78. The summed E-state index contributed by atoms with van der Waals surface area (Å²) in [5.41, 5.74) is 2.07. The Hall–Kier alpha value is -3.69. The normalized spacial score (nSPS) is 11.1. The van der Waals surface area contributed by atoms with E-state index in [0.717, 1.165) is 14.2 Å². The Morgan fingerprint density at radius 2 is 1.41 bits per heavy atom. The third kappa shape index (κ3) is 6.43. The Labute approximate surface area is 200 Å². The summed E-state index contributed by atoms with van der Waals surface area (Å²) in [5.74, 6) is -0.897. The van der Waals surface area contributed by atoms with E-state index in [0.29, 0.717) is 29.9 Å². The van der Waals surface area contributed by atoms with Gasteiger partial charge in [-0.05, 0) is 36.2 Å². The summed E-state index contributed by atoms with van der Waals surface area (Å²) in [6, 6.07) is 24.8. The van der Waals surface area contributed by atoms with Gasteiger partial charge >= 0.3 is 10.2 Å². The van der Waals surface area contributed by atoms with Crippen molar-refractivity contribution in [2.75, 3.05) is 36.8 Å².